The molecule has 2 heterocycles. The molecule has 2 N–H and O–H groups in total. The molecule has 1 aromatic rings. The molecule has 2 rings (SSSR count). The van der Waals surface area contributed by atoms with Gasteiger partial charge in [-0.05, 0) is 19.9 Å². The molecule has 0 saturated carbocycles. The zero-order valence-corrected chi connectivity index (χ0v) is 12.2. The standard InChI is InChI=1S/C11H18N2O3S2/c1-8-5-11(9(2)17-8)18(14,15)13-7-10-6-12-3-4-16-10/h5,10,12-13H,3-4,6-7H2,1-2H3. The van der Waals surface area contributed by atoms with E-state index in [4.69, 9.17) is 4.74 Å². The van der Waals surface area contributed by atoms with Crippen LogP contribution in [-0.4, -0.2) is 40.8 Å². The van der Waals surface area contributed by atoms with Crippen LogP contribution in [0, 0.1) is 13.8 Å². The average Bonchev–Trinajstić information content (AvgIpc) is 2.68. The van der Waals surface area contributed by atoms with Crippen LogP contribution in [0.2, 0.25) is 0 Å². The Balaban J connectivity index is 2.01. The summed E-state index contributed by atoms with van der Waals surface area (Å²) in [4.78, 5) is 2.21. The van der Waals surface area contributed by atoms with Gasteiger partial charge in [-0.3, -0.25) is 0 Å². The number of rotatable bonds is 4. The number of hydrogen-bond acceptors (Lipinski definition) is 5. The normalized spacial score (nSPS) is 21.1. The van der Waals surface area contributed by atoms with Gasteiger partial charge in [-0.15, -0.1) is 11.3 Å². The van der Waals surface area contributed by atoms with Crippen LogP contribution in [0.3, 0.4) is 0 Å². The molecule has 1 aliphatic rings. The Labute approximate surface area is 112 Å². The largest absolute Gasteiger partial charge is 0.374 e. The SMILES string of the molecule is Cc1cc(S(=O)(=O)NCC2CNCCO2)c(C)s1. The molecule has 1 unspecified atom stereocenters. The van der Waals surface area contributed by atoms with Gasteiger partial charge in [0.2, 0.25) is 10.0 Å². The van der Waals surface area contributed by atoms with Crippen molar-refractivity contribution in [3.05, 3.63) is 15.8 Å². The van der Waals surface area contributed by atoms with Gasteiger partial charge >= 0.3 is 0 Å². The van der Waals surface area contributed by atoms with E-state index in [2.05, 4.69) is 10.0 Å². The maximum absolute atomic E-state index is 12.1. The van der Waals surface area contributed by atoms with Crippen LogP contribution in [0.1, 0.15) is 9.75 Å². The molecule has 1 atom stereocenters. The minimum atomic E-state index is -3.42. The summed E-state index contributed by atoms with van der Waals surface area (Å²) in [5.41, 5.74) is 0. The van der Waals surface area contributed by atoms with E-state index in [9.17, 15) is 8.42 Å². The number of morpholine rings is 1. The molecule has 0 aromatic carbocycles. The monoisotopic (exact) mass is 290 g/mol. The Kier molecular flexibility index (Phi) is 4.39. The molecule has 102 valence electrons. The van der Waals surface area contributed by atoms with E-state index in [1.165, 1.54) is 11.3 Å². The highest BCUT2D eigenvalue weighted by Crippen LogP contribution is 2.24. The summed E-state index contributed by atoms with van der Waals surface area (Å²) in [6.07, 6.45) is -0.0893. The molecule has 0 aliphatic carbocycles. The van der Waals surface area contributed by atoms with Crippen LogP contribution in [0.25, 0.3) is 0 Å². The topological polar surface area (TPSA) is 67.4 Å². The predicted molar refractivity (Wildman–Crippen MR) is 71.6 cm³/mol. The maximum atomic E-state index is 12.1. The summed E-state index contributed by atoms with van der Waals surface area (Å²) < 4.78 is 32.3. The molecule has 5 nitrogen and oxygen atoms in total. The highest BCUT2D eigenvalue weighted by atomic mass is 32.2. The van der Waals surface area contributed by atoms with Crippen LogP contribution in [0.5, 0.6) is 0 Å². The van der Waals surface area contributed by atoms with Gasteiger partial charge in [-0.25, -0.2) is 13.1 Å². The van der Waals surface area contributed by atoms with E-state index in [1.54, 1.807) is 6.07 Å². The van der Waals surface area contributed by atoms with E-state index in [0.717, 1.165) is 16.3 Å². The minimum absolute atomic E-state index is 0.0893. The van der Waals surface area contributed by atoms with Crippen molar-refractivity contribution in [1.82, 2.24) is 10.0 Å². The first-order valence-corrected chi connectivity index (χ1v) is 8.18. The number of hydrogen-bond donors (Lipinski definition) is 2. The van der Waals surface area contributed by atoms with Crippen LogP contribution >= 0.6 is 11.3 Å². The zero-order chi connectivity index (χ0) is 13.2. The third-order valence-corrected chi connectivity index (χ3v) is 5.44. The van der Waals surface area contributed by atoms with Crippen molar-refractivity contribution in [2.45, 2.75) is 24.8 Å². The van der Waals surface area contributed by atoms with Gasteiger partial charge in [0, 0.05) is 29.4 Å². The van der Waals surface area contributed by atoms with Crippen molar-refractivity contribution in [3.8, 4) is 0 Å². The first kappa shape index (κ1) is 14.0. The molecule has 7 heteroatoms. The lowest BCUT2D eigenvalue weighted by Crippen LogP contribution is -2.45. The molecule has 0 amide bonds. The number of sulfonamides is 1. The van der Waals surface area contributed by atoms with Crippen molar-refractivity contribution in [2.24, 2.45) is 0 Å². The average molecular weight is 290 g/mol. The van der Waals surface area contributed by atoms with E-state index < -0.39 is 10.0 Å². The molecule has 0 radical (unpaired) electrons. The Morgan fingerprint density at radius 3 is 2.89 bits per heavy atom. The van der Waals surface area contributed by atoms with E-state index in [0.29, 0.717) is 24.6 Å². The quantitative estimate of drug-likeness (QED) is 0.853. The molecule has 18 heavy (non-hydrogen) atoms. The fourth-order valence-corrected chi connectivity index (χ4v) is 4.52. The molecule has 0 bridgehead atoms. The van der Waals surface area contributed by atoms with E-state index >= 15 is 0 Å². The van der Waals surface area contributed by atoms with Gasteiger partial charge in [0.1, 0.15) is 0 Å². The summed E-state index contributed by atoms with van der Waals surface area (Å²) >= 11 is 1.49. The zero-order valence-electron chi connectivity index (χ0n) is 10.5. The van der Waals surface area contributed by atoms with Gasteiger partial charge in [0.15, 0.2) is 0 Å². The van der Waals surface area contributed by atoms with Gasteiger partial charge < -0.3 is 10.1 Å². The summed E-state index contributed by atoms with van der Waals surface area (Å²) in [6.45, 7) is 6.18. The fourth-order valence-electron chi connectivity index (χ4n) is 1.91. The fraction of sp³-hybridized carbons (Fsp3) is 0.636. The molecular weight excluding hydrogens is 272 g/mol. The maximum Gasteiger partial charge on any atom is 0.241 e. The molecule has 1 aromatic heterocycles. The van der Waals surface area contributed by atoms with Crippen molar-refractivity contribution in [1.29, 1.82) is 0 Å². The second-order valence-corrected chi connectivity index (χ2v) is 7.52. The van der Waals surface area contributed by atoms with Crippen molar-refractivity contribution in [2.75, 3.05) is 26.2 Å². The van der Waals surface area contributed by atoms with Crippen LogP contribution in [-0.2, 0) is 14.8 Å². The number of nitrogens with one attached hydrogen (secondary N) is 2. The number of thiophene rings is 1. The molecule has 1 fully saturated rings. The third-order valence-electron chi connectivity index (χ3n) is 2.79. The minimum Gasteiger partial charge on any atom is -0.374 e. The number of ether oxygens (including phenoxy) is 1. The lowest BCUT2D eigenvalue weighted by Gasteiger charge is -2.23. The van der Waals surface area contributed by atoms with Crippen molar-refractivity contribution < 1.29 is 13.2 Å². The van der Waals surface area contributed by atoms with Crippen molar-refractivity contribution in [3.63, 3.8) is 0 Å². The summed E-state index contributed by atoms with van der Waals surface area (Å²) in [6, 6.07) is 1.71. The first-order valence-electron chi connectivity index (χ1n) is 5.88. The summed E-state index contributed by atoms with van der Waals surface area (Å²) in [5, 5.41) is 3.17. The van der Waals surface area contributed by atoms with Gasteiger partial charge in [0.05, 0.1) is 17.6 Å². The van der Waals surface area contributed by atoms with Crippen molar-refractivity contribution >= 4 is 21.4 Å². The predicted octanol–water partition coefficient (Wildman–Crippen LogP) is 0.632. The van der Waals surface area contributed by atoms with Gasteiger partial charge in [-0.1, -0.05) is 0 Å². The van der Waals surface area contributed by atoms with Gasteiger partial charge in [0.25, 0.3) is 0 Å². The molecule has 1 aliphatic heterocycles. The Hall–Kier alpha value is -0.470. The first-order chi connectivity index (χ1) is 8.49. The lowest BCUT2D eigenvalue weighted by molar-refractivity contribution is 0.0324. The number of aryl methyl sites for hydroxylation is 2. The Bertz CT molecular complexity index is 504. The molecule has 1 saturated heterocycles. The van der Waals surface area contributed by atoms with E-state index in [1.807, 2.05) is 13.8 Å². The van der Waals surface area contributed by atoms with Crippen LogP contribution in [0.15, 0.2) is 11.0 Å². The Morgan fingerprint density at radius 1 is 1.56 bits per heavy atom. The molecular formula is C11H18N2O3S2. The summed E-state index contributed by atoms with van der Waals surface area (Å²) in [7, 11) is -3.42. The second-order valence-electron chi connectivity index (χ2n) is 4.33. The smallest absolute Gasteiger partial charge is 0.241 e. The highest BCUT2D eigenvalue weighted by molar-refractivity contribution is 7.89. The van der Waals surface area contributed by atoms with E-state index in [-0.39, 0.29) is 6.10 Å². The van der Waals surface area contributed by atoms with Crippen LogP contribution in [0.4, 0.5) is 0 Å². The second kappa shape index (κ2) is 5.66. The van der Waals surface area contributed by atoms with Crippen LogP contribution < -0.4 is 10.0 Å². The van der Waals surface area contributed by atoms with Gasteiger partial charge in [-0.2, -0.15) is 0 Å². The Morgan fingerprint density at radius 2 is 2.33 bits per heavy atom. The lowest BCUT2D eigenvalue weighted by atomic mass is 10.3. The molecule has 0 spiro atoms. The summed E-state index contributed by atoms with van der Waals surface area (Å²) in [5.74, 6) is 0. The third kappa shape index (κ3) is 3.30. The highest BCUT2D eigenvalue weighted by Gasteiger charge is 2.21.